The molecule has 5 nitrogen and oxygen atoms in total. The van der Waals surface area contributed by atoms with Gasteiger partial charge in [0.1, 0.15) is 5.82 Å². The van der Waals surface area contributed by atoms with Crippen LogP contribution in [0.2, 0.25) is 0 Å². The second kappa shape index (κ2) is 7.27. The largest absolute Gasteiger partial charge is 0.467 e. The lowest BCUT2D eigenvalue weighted by molar-refractivity contribution is -0.145. The topological polar surface area (TPSA) is 75.6 Å². The fraction of sp³-hybridized carbons (Fsp3) is 0.231. The number of carbonyl (C=O) groups excluding carboxylic acids is 2. The third-order valence-electron chi connectivity index (χ3n) is 2.26. The number of methoxy groups -OCH3 is 1. The maximum atomic E-state index is 12.9. The van der Waals surface area contributed by atoms with Gasteiger partial charge in [0.05, 0.1) is 13.7 Å². The molecule has 2 N–H and O–H groups in total. The van der Waals surface area contributed by atoms with Gasteiger partial charge >= 0.3 is 5.97 Å². The Balaban J connectivity index is 2.62. The SMILES string of the molecule is COC(=O)C(CO)NC(=O)/C=C/c1cccc(F)c1. The number of hydrogen-bond donors (Lipinski definition) is 2. The van der Waals surface area contributed by atoms with Crippen molar-refractivity contribution >= 4 is 18.0 Å². The van der Waals surface area contributed by atoms with Gasteiger partial charge < -0.3 is 15.2 Å². The quantitative estimate of drug-likeness (QED) is 0.601. The summed E-state index contributed by atoms with van der Waals surface area (Å²) in [5.41, 5.74) is 0.508. The van der Waals surface area contributed by atoms with Crippen molar-refractivity contribution in [1.82, 2.24) is 5.32 Å². The third kappa shape index (κ3) is 4.89. The third-order valence-corrected chi connectivity index (χ3v) is 2.26. The molecule has 1 rings (SSSR count). The average Bonchev–Trinajstić information content (AvgIpc) is 2.41. The molecule has 0 bridgehead atoms. The van der Waals surface area contributed by atoms with Gasteiger partial charge in [0.25, 0.3) is 0 Å². The molecule has 0 aliphatic rings. The van der Waals surface area contributed by atoms with Crippen LogP contribution in [0.3, 0.4) is 0 Å². The highest BCUT2D eigenvalue weighted by atomic mass is 19.1. The predicted octanol–water partition coefficient (Wildman–Crippen LogP) is 0.489. The molecule has 0 spiro atoms. The van der Waals surface area contributed by atoms with Crippen LogP contribution in [0, 0.1) is 5.82 Å². The van der Waals surface area contributed by atoms with Crippen LogP contribution >= 0.6 is 0 Å². The Morgan fingerprint density at radius 1 is 1.53 bits per heavy atom. The molecule has 6 heteroatoms. The number of ether oxygens (including phenoxy) is 1. The summed E-state index contributed by atoms with van der Waals surface area (Å²) in [5.74, 6) is -1.74. The molecule has 0 fully saturated rings. The van der Waals surface area contributed by atoms with Crippen molar-refractivity contribution in [2.75, 3.05) is 13.7 Å². The van der Waals surface area contributed by atoms with Crippen molar-refractivity contribution in [2.45, 2.75) is 6.04 Å². The molecule has 0 aliphatic heterocycles. The number of amides is 1. The van der Waals surface area contributed by atoms with Crippen LogP contribution in [0.4, 0.5) is 4.39 Å². The molecule has 0 saturated carbocycles. The minimum Gasteiger partial charge on any atom is -0.467 e. The maximum absolute atomic E-state index is 12.9. The molecular formula is C13H14FNO4. The molecule has 0 saturated heterocycles. The zero-order chi connectivity index (χ0) is 14.3. The van der Waals surface area contributed by atoms with E-state index in [2.05, 4.69) is 10.1 Å². The maximum Gasteiger partial charge on any atom is 0.330 e. The Morgan fingerprint density at radius 2 is 2.26 bits per heavy atom. The first kappa shape index (κ1) is 14.8. The van der Waals surface area contributed by atoms with E-state index < -0.39 is 30.3 Å². The highest BCUT2D eigenvalue weighted by Crippen LogP contribution is 2.05. The van der Waals surface area contributed by atoms with Gasteiger partial charge in [0, 0.05) is 6.08 Å². The smallest absolute Gasteiger partial charge is 0.330 e. The Kier molecular flexibility index (Phi) is 5.69. The molecule has 1 atom stereocenters. The van der Waals surface area contributed by atoms with Gasteiger partial charge in [-0.25, -0.2) is 9.18 Å². The summed E-state index contributed by atoms with van der Waals surface area (Å²) >= 11 is 0. The molecule has 0 aliphatic carbocycles. The van der Waals surface area contributed by atoms with E-state index in [0.717, 1.165) is 13.2 Å². The Morgan fingerprint density at radius 3 is 2.84 bits per heavy atom. The first-order valence-electron chi connectivity index (χ1n) is 5.49. The molecular weight excluding hydrogens is 253 g/mol. The van der Waals surface area contributed by atoms with E-state index in [9.17, 15) is 14.0 Å². The Hall–Kier alpha value is -2.21. The van der Waals surface area contributed by atoms with Gasteiger partial charge in [-0.1, -0.05) is 12.1 Å². The van der Waals surface area contributed by atoms with E-state index in [1.165, 1.54) is 24.3 Å². The number of aliphatic hydroxyl groups is 1. The second-order valence-corrected chi connectivity index (χ2v) is 3.66. The molecule has 0 heterocycles. The van der Waals surface area contributed by atoms with Gasteiger partial charge in [0.2, 0.25) is 5.91 Å². The van der Waals surface area contributed by atoms with Gasteiger partial charge in [0.15, 0.2) is 6.04 Å². The number of benzene rings is 1. The second-order valence-electron chi connectivity index (χ2n) is 3.66. The van der Waals surface area contributed by atoms with Crippen molar-refractivity contribution < 1.29 is 23.8 Å². The van der Waals surface area contributed by atoms with Crippen LogP contribution in [-0.4, -0.2) is 36.7 Å². The normalized spacial score (nSPS) is 12.2. The Labute approximate surface area is 109 Å². The zero-order valence-electron chi connectivity index (χ0n) is 10.3. The van der Waals surface area contributed by atoms with Gasteiger partial charge in [-0.3, -0.25) is 4.79 Å². The van der Waals surface area contributed by atoms with Gasteiger partial charge in [-0.15, -0.1) is 0 Å². The summed E-state index contributed by atoms with van der Waals surface area (Å²) < 4.78 is 17.3. The van der Waals surface area contributed by atoms with E-state index >= 15 is 0 Å². The fourth-order valence-corrected chi connectivity index (χ4v) is 1.32. The predicted molar refractivity (Wildman–Crippen MR) is 66.5 cm³/mol. The summed E-state index contributed by atoms with van der Waals surface area (Å²) in [7, 11) is 1.15. The molecule has 0 aromatic heterocycles. The highest BCUT2D eigenvalue weighted by Gasteiger charge is 2.18. The Bertz CT molecular complexity index is 487. The number of halogens is 1. The van der Waals surface area contributed by atoms with Crippen LogP contribution in [0.15, 0.2) is 30.3 Å². The van der Waals surface area contributed by atoms with E-state index in [1.807, 2.05) is 0 Å². The lowest BCUT2D eigenvalue weighted by Gasteiger charge is -2.11. The standard InChI is InChI=1S/C13H14FNO4/c1-19-13(18)11(8-16)15-12(17)6-5-9-3-2-4-10(14)7-9/h2-7,11,16H,8H2,1H3,(H,15,17)/b6-5+. The number of hydrogen-bond acceptors (Lipinski definition) is 4. The average molecular weight is 267 g/mol. The molecule has 1 aromatic rings. The van der Waals surface area contributed by atoms with Crippen molar-refractivity contribution in [1.29, 1.82) is 0 Å². The van der Waals surface area contributed by atoms with Crippen molar-refractivity contribution in [3.63, 3.8) is 0 Å². The molecule has 1 aromatic carbocycles. The molecule has 1 amide bonds. The number of aliphatic hydroxyl groups excluding tert-OH is 1. The molecule has 1 unspecified atom stereocenters. The van der Waals surface area contributed by atoms with Crippen LogP contribution in [-0.2, 0) is 14.3 Å². The minimum atomic E-state index is -1.12. The zero-order valence-corrected chi connectivity index (χ0v) is 10.3. The molecule has 19 heavy (non-hydrogen) atoms. The summed E-state index contributed by atoms with van der Waals surface area (Å²) in [6, 6.07) is 4.56. The van der Waals surface area contributed by atoms with Crippen molar-refractivity contribution in [3.05, 3.63) is 41.7 Å². The number of carbonyl (C=O) groups is 2. The molecule has 0 radical (unpaired) electrons. The van der Waals surface area contributed by atoms with Crippen LogP contribution in [0.1, 0.15) is 5.56 Å². The summed E-state index contributed by atoms with van der Waals surface area (Å²) in [6.07, 6.45) is 2.53. The van der Waals surface area contributed by atoms with Crippen molar-refractivity contribution in [3.8, 4) is 0 Å². The van der Waals surface area contributed by atoms with Crippen LogP contribution in [0.5, 0.6) is 0 Å². The summed E-state index contributed by atoms with van der Waals surface area (Å²) in [4.78, 5) is 22.6. The van der Waals surface area contributed by atoms with E-state index in [1.54, 1.807) is 6.07 Å². The highest BCUT2D eigenvalue weighted by molar-refractivity contribution is 5.94. The monoisotopic (exact) mass is 267 g/mol. The van der Waals surface area contributed by atoms with Gasteiger partial charge in [-0.05, 0) is 23.8 Å². The fourth-order valence-electron chi connectivity index (χ4n) is 1.32. The summed E-state index contributed by atoms with van der Waals surface area (Å²) in [6.45, 7) is -0.563. The minimum absolute atomic E-state index is 0.412. The first-order valence-corrected chi connectivity index (χ1v) is 5.49. The van der Waals surface area contributed by atoms with E-state index in [4.69, 9.17) is 5.11 Å². The van der Waals surface area contributed by atoms with Gasteiger partial charge in [-0.2, -0.15) is 0 Å². The number of nitrogens with one attached hydrogen (secondary N) is 1. The molecule has 102 valence electrons. The van der Waals surface area contributed by atoms with Crippen LogP contribution in [0.25, 0.3) is 6.08 Å². The van der Waals surface area contributed by atoms with E-state index in [0.29, 0.717) is 5.56 Å². The first-order chi connectivity index (χ1) is 9.06. The summed E-state index contributed by atoms with van der Waals surface area (Å²) in [5, 5.41) is 11.2. The van der Waals surface area contributed by atoms with Crippen LogP contribution < -0.4 is 5.32 Å². The lowest BCUT2D eigenvalue weighted by Crippen LogP contribution is -2.43. The van der Waals surface area contributed by atoms with E-state index in [-0.39, 0.29) is 0 Å². The number of rotatable bonds is 5. The lowest BCUT2D eigenvalue weighted by atomic mass is 10.2. The number of esters is 1. The van der Waals surface area contributed by atoms with Crippen molar-refractivity contribution in [2.24, 2.45) is 0 Å².